The van der Waals surface area contributed by atoms with E-state index in [0.29, 0.717) is 60.1 Å². The highest BCUT2D eigenvalue weighted by Crippen LogP contribution is 2.58. The number of halogens is 4. The van der Waals surface area contributed by atoms with Crippen molar-refractivity contribution < 1.29 is 65.7 Å². The van der Waals surface area contributed by atoms with Gasteiger partial charge in [-0.3, -0.25) is 0 Å². The molecule has 11 nitrogen and oxygen atoms in total. The lowest BCUT2D eigenvalue weighted by molar-refractivity contribution is -0.147. The molecule has 4 aliphatic heterocycles. The fourth-order valence-corrected chi connectivity index (χ4v) is 13.0. The molecule has 0 amide bonds. The van der Waals surface area contributed by atoms with E-state index in [1.165, 1.54) is 120 Å². The normalized spacial score (nSPS) is 33.6. The van der Waals surface area contributed by atoms with Crippen molar-refractivity contribution in [2.75, 3.05) is 93.2 Å². The second kappa shape index (κ2) is 38.9. The molecule has 15 heteroatoms. The molecular weight excluding hydrogens is 1110 g/mol. The molecule has 4 heterocycles. The summed E-state index contributed by atoms with van der Waals surface area (Å²) in [5.74, 6) is 4.94. The Balaban J connectivity index is 0.000000208. The summed E-state index contributed by atoms with van der Waals surface area (Å²) in [6.07, 6.45) is 27.4. The number of methoxy groups -OCH3 is 5. The minimum absolute atomic E-state index is 0.0938. The smallest absolute Gasteiger partial charge is 0.276 e. The maximum atomic E-state index is 13.3. The lowest BCUT2D eigenvalue weighted by Crippen LogP contribution is -2.53. The third-order valence-corrected chi connectivity index (χ3v) is 20.2. The Bertz CT molecular complexity index is 2020. The van der Waals surface area contributed by atoms with Gasteiger partial charge in [0.15, 0.2) is 0 Å². The zero-order chi connectivity index (χ0) is 64.5. The van der Waals surface area contributed by atoms with E-state index in [4.69, 9.17) is 38.3 Å². The average molecular weight is 1240 g/mol. The zero-order valence-corrected chi connectivity index (χ0v) is 57.6. The molecule has 0 radical (unpaired) electrons. The number of aliphatic hydroxyl groups excluding tert-OH is 1. The van der Waals surface area contributed by atoms with Crippen LogP contribution in [0.2, 0.25) is 0 Å². The molecule has 6 bridgehead atoms. The molecule has 10 aliphatic carbocycles. The van der Waals surface area contributed by atoms with E-state index < -0.39 is 12.0 Å². The van der Waals surface area contributed by atoms with Gasteiger partial charge in [0.2, 0.25) is 0 Å². The van der Waals surface area contributed by atoms with Crippen molar-refractivity contribution in [1.82, 2.24) is 0 Å². The summed E-state index contributed by atoms with van der Waals surface area (Å²) in [4.78, 5) is 1.91. The molecule has 10 saturated carbocycles. The molecule has 14 fully saturated rings. The summed E-state index contributed by atoms with van der Waals surface area (Å²) < 4.78 is 89.5. The van der Waals surface area contributed by atoms with Crippen molar-refractivity contribution in [2.24, 2.45) is 64.6 Å². The predicted molar refractivity (Wildman–Crippen MR) is 345 cm³/mol. The molecule has 0 aromatic heterocycles. The maximum Gasteiger partial charge on any atom is 0.276 e. The average Bonchev–Trinajstić information content (AvgIpc) is 1.34. The van der Waals surface area contributed by atoms with Crippen LogP contribution in [0.5, 0.6) is 0 Å². The lowest BCUT2D eigenvalue weighted by atomic mass is 9.50. The SMILES string of the molecule is CC12COCC1C2.CC1C2CC3CC1CC(O)(C3)C2.CC1CC2CCC1O2.CC1CCN(c2cc(F)ccc2F)C1.CCC(C)=C(C)C.CCCOC(C)C.COC1CC1.COC1CC1(F)F.COC1CC1CO.COCC1CC1.COCC1CCC1. The van der Waals surface area contributed by atoms with Gasteiger partial charge in [0.1, 0.15) is 17.7 Å². The molecule has 508 valence electrons. The van der Waals surface area contributed by atoms with E-state index in [-0.39, 0.29) is 23.7 Å². The van der Waals surface area contributed by atoms with Gasteiger partial charge in [0.25, 0.3) is 5.92 Å². The number of anilines is 1. The summed E-state index contributed by atoms with van der Waals surface area (Å²) in [6, 6.07) is 3.61. The Morgan fingerprint density at radius 2 is 1.40 bits per heavy atom. The quantitative estimate of drug-likeness (QED) is 0.145. The molecule has 2 N–H and O–H groups in total. The molecule has 4 saturated heterocycles. The Hall–Kier alpha value is -1.92. The Labute approximate surface area is 527 Å². The molecule has 11 unspecified atom stereocenters. The second-order valence-electron chi connectivity index (χ2n) is 28.9. The van der Waals surface area contributed by atoms with E-state index in [1.807, 2.05) is 4.90 Å². The maximum absolute atomic E-state index is 13.3. The van der Waals surface area contributed by atoms with Crippen molar-refractivity contribution in [2.45, 2.75) is 259 Å². The van der Waals surface area contributed by atoms with E-state index in [9.17, 15) is 22.7 Å². The van der Waals surface area contributed by atoms with Gasteiger partial charge in [-0.15, -0.1) is 0 Å². The van der Waals surface area contributed by atoms with Crippen molar-refractivity contribution >= 4 is 5.69 Å². The number of rotatable bonds is 13. The Morgan fingerprint density at radius 1 is 0.770 bits per heavy atom. The fourth-order valence-electron chi connectivity index (χ4n) is 13.0. The molecule has 11 atom stereocenters. The molecule has 14 aliphatic rings. The van der Waals surface area contributed by atoms with Gasteiger partial charge >= 0.3 is 0 Å². The number of fused-ring (bicyclic) bond motifs is 3. The van der Waals surface area contributed by atoms with Gasteiger partial charge in [-0.2, -0.15) is 0 Å². The number of aliphatic hydroxyl groups is 2. The van der Waals surface area contributed by atoms with Gasteiger partial charge in [0.05, 0.1) is 55.0 Å². The summed E-state index contributed by atoms with van der Waals surface area (Å²) >= 11 is 0. The molecule has 15 rings (SSSR count). The van der Waals surface area contributed by atoms with Crippen LogP contribution < -0.4 is 4.90 Å². The first-order valence-corrected chi connectivity index (χ1v) is 34.2. The number of nitrogens with zero attached hydrogens (tertiary/aromatic N) is 1. The standard InChI is InChI=1S/C11H13F2N.C11H18O.C7H12O.C7H14.C6H10O.C6H12O.C6H14O.C5H10O2.C5H10O.C4H6F2O.C4H8O/c1-8-4-5-14(7-8)11-6-9(12)2-3-10(11)13;1-7-9-2-8-3-10(7)6-11(12,4-8)5-9;1-5-4-6-2-3-7(5)8-6;1-5-7(4)6(2)3;1-6-2-5(6)3-7-4-6;1-7-5-6-3-2-4-6;1-4-5-7-6(2)3;1-7-5-2-4(5)3-6;1-6-4-5-2-3-5;1-7-3-2-4(3,5)6;1-5-4-2-3-4/h2-3,6,8H,4-5,7H2,1H3;7-10,12H,2-6H2,1H3;5-7H,2-4H2,1H3;5H2,1-4H3;5H,2-4H2,1H3;6H,2-5H2,1H3;6H,4-5H2,1-3H3;4-6H,2-3H2,1H3;5H,2-4H2,1H3;3H,2H2,1H3;4H,2-3H2,1H3. The first kappa shape index (κ1) is 77.5. The minimum atomic E-state index is -2.51. The van der Waals surface area contributed by atoms with Crippen LogP contribution in [0.1, 0.15) is 211 Å². The third-order valence-electron chi connectivity index (χ3n) is 20.2. The third kappa shape index (κ3) is 29.3. The number of benzene rings is 1. The largest absolute Gasteiger partial charge is 0.396 e. The predicted octanol–water partition coefficient (Wildman–Crippen LogP) is 16.5. The highest BCUT2D eigenvalue weighted by Gasteiger charge is 2.58. The molecule has 1 aromatic carbocycles. The molecule has 1 aromatic rings. The van der Waals surface area contributed by atoms with Crippen LogP contribution in [0.15, 0.2) is 29.3 Å². The first-order chi connectivity index (χ1) is 41.3. The van der Waals surface area contributed by atoms with Crippen LogP contribution in [0.4, 0.5) is 23.2 Å². The molecule has 87 heavy (non-hydrogen) atoms. The summed E-state index contributed by atoms with van der Waals surface area (Å²) in [5.41, 5.74) is 3.79. The van der Waals surface area contributed by atoms with E-state index >= 15 is 0 Å². The van der Waals surface area contributed by atoms with E-state index in [2.05, 4.69) is 80.9 Å². The zero-order valence-electron chi connectivity index (χ0n) is 57.6. The van der Waals surface area contributed by atoms with E-state index in [0.717, 1.165) is 138 Å². The second-order valence-corrected chi connectivity index (χ2v) is 28.9. The highest BCUT2D eigenvalue weighted by molar-refractivity contribution is 5.48. The molecular formula is C72H127F4NO10. The van der Waals surface area contributed by atoms with Crippen LogP contribution in [-0.4, -0.2) is 147 Å². The number of alkyl halides is 2. The monoisotopic (exact) mass is 1240 g/mol. The van der Waals surface area contributed by atoms with Crippen LogP contribution >= 0.6 is 0 Å². The van der Waals surface area contributed by atoms with Gasteiger partial charge in [-0.1, -0.05) is 59.1 Å². The highest BCUT2D eigenvalue weighted by atomic mass is 19.3. The number of allylic oxidation sites excluding steroid dienone is 2. The van der Waals surface area contributed by atoms with Crippen LogP contribution in [0.25, 0.3) is 0 Å². The Kier molecular flexibility index (Phi) is 34.7. The number of hydrogen-bond donors (Lipinski definition) is 2. The summed E-state index contributed by atoms with van der Waals surface area (Å²) in [5, 5.41) is 18.6. The Morgan fingerprint density at radius 3 is 1.66 bits per heavy atom. The van der Waals surface area contributed by atoms with Crippen molar-refractivity contribution in [3.63, 3.8) is 0 Å². The van der Waals surface area contributed by atoms with Crippen molar-refractivity contribution in [1.29, 1.82) is 0 Å². The minimum Gasteiger partial charge on any atom is -0.396 e. The summed E-state index contributed by atoms with van der Waals surface area (Å²) in [6.45, 7) is 30.9. The fraction of sp³-hybridized carbons (Fsp3) is 0.889. The number of hydrogen-bond acceptors (Lipinski definition) is 11. The van der Waals surface area contributed by atoms with Gasteiger partial charge in [-0.05, 0) is 227 Å². The van der Waals surface area contributed by atoms with Crippen molar-refractivity contribution in [3.8, 4) is 0 Å². The van der Waals surface area contributed by atoms with Crippen LogP contribution in [0, 0.1) is 76.2 Å². The topological polar surface area (TPSA) is 118 Å². The number of ether oxygens (including phenoxy) is 8. The van der Waals surface area contributed by atoms with Crippen LogP contribution in [-0.2, 0) is 37.9 Å². The van der Waals surface area contributed by atoms with Gasteiger partial charge < -0.3 is 53.0 Å². The summed E-state index contributed by atoms with van der Waals surface area (Å²) in [7, 11) is 8.28. The van der Waals surface area contributed by atoms with Crippen LogP contribution in [0.3, 0.4) is 0 Å². The lowest BCUT2D eigenvalue weighted by Gasteiger charge is -2.57. The first-order valence-electron chi connectivity index (χ1n) is 34.2. The van der Waals surface area contributed by atoms with E-state index in [1.54, 1.807) is 28.4 Å². The van der Waals surface area contributed by atoms with Crippen molar-refractivity contribution in [3.05, 3.63) is 41.0 Å². The van der Waals surface area contributed by atoms with Gasteiger partial charge in [-0.25, -0.2) is 17.6 Å². The molecule has 0 spiro atoms. The van der Waals surface area contributed by atoms with Gasteiger partial charge in [0, 0.05) is 93.5 Å².